The summed E-state index contributed by atoms with van der Waals surface area (Å²) in [6.45, 7) is 1.48. The lowest BCUT2D eigenvalue weighted by molar-refractivity contribution is 0.106. The summed E-state index contributed by atoms with van der Waals surface area (Å²) in [4.78, 5) is 0. The molecular weight excluding hydrogens is 274 g/mol. The van der Waals surface area contributed by atoms with E-state index >= 15 is 0 Å². The Kier molecular flexibility index (Phi) is 5.87. The van der Waals surface area contributed by atoms with E-state index < -0.39 is 6.10 Å². The van der Waals surface area contributed by atoms with Crippen molar-refractivity contribution in [3.63, 3.8) is 0 Å². The van der Waals surface area contributed by atoms with Crippen molar-refractivity contribution in [1.82, 2.24) is 5.32 Å². The molecule has 0 heterocycles. The maximum atomic E-state index is 9.83. The summed E-state index contributed by atoms with van der Waals surface area (Å²) in [7, 11) is 0. The first kappa shape index (κ1) is 14.9. The first-order valence-corrected chi connectivity index (χ1v) is 6.93. The predicted octanol–water partition coefficient (Wildman–Crippen LogP) is 2.87. The van der Waals surface area contributed by atoms with Crippen molar-refractivity contribution in [2.24, 2.45) is 0 Å². The zero-order valence-electron chi connectivity index (χ0n) is 11.1. The Hall–Kier alpha value is -1.55. The van der Waals surface area contributed by atoms with Crippen LogP contribution in [0.4, 0.5) is 0 Å². The zero-order chi connectivity index (χ0) is 14.2. The first-order valence-electron chi connectivity index (χ1n) is 6.55. The lowest BCUT2D eigenvalue weighted by Crippen LogP contribution is -2.31. The molecule has 3 nitrogen and oxygen atoms in total. The molecule has 0 aliphatic heterocycles. The van der Waals surface area contributed by atoms with Gasteiger partial charge in [0, 0.05) is 18.1 Å². The average Bonchev–Trinajstić information content (AvgIpc) is 2.48. The number of benzene rings is 2. The summed E-state index contributed by atoms with van der Waals surface area (Å²) in [5.74, 6) is 0.705. The van der Waals surface area contributed by atoms with E-state index in [1.807, 2.05) is 30.3 Å². The van der Waals surface area contributed by atoms with Gasteiger partial charge in [0.15, 0.2) is 0 Å². The third kappa shape index (κ3) is 5.21. The summed E-state index contributed by atoms with van der Waals surface area (Å²) in [5.41, 5.74) is 1.19. The number of halogens is 1. The second-order valence-corrected chi connectivity index (χ2v) is 4.97. The maximum Gasteiger partial charge on any atom is 0.119 e. The Labute approximate surface area is 124 Å². The van der Waals surface area contributed by atoms with E-state index in [-0.39, 0.29) is 6.61 Å². The molecule has 2 N–H and O–H groups in total. The van der Waals surface area contributed by atoms with Crippen LogP contribution in [0.3, 0.4) is 0 Å². The Morgan fingerprint density at radius 2 is 1.75 bits per heavy atom. The van der Waals surface area contributed by atoms with Gasteiger partial charge in [-0.3, -0.25) is 0 Å². The highest BCUT2D eigenvalue weighted by molar-refractivity contribution is 6.30. The van der Waals surface area contributed by atoms with Gasteiger partial charge in [-0.15, -0.1) is 0 Å². The van der Waals surface area contributed by atoms with Crippen LogP contribution in [0.25, 0.3) is 0 Å². The molecule has 0 fully saturated rings. The van der Waals surface area contributed by atoms with Crippen molar-refractivity contribution in [1.29, 1.82) is 0 Å². The molecular formula is C16H18ClNO2. The van der Waals surface area contributed by atoms with Crippen molar-refractivity contribution in [2.75, 3.05) is 13.2 Å². The predicted molar refractivity (Wildman–Crippen MR) is 81.1 cm³/mol. The van der Waals surface area contributed by atoms with Crippen molar-refractivity contribution >= 4 is 11.6 Å². The van der Waals surface area contributed by atoms with Crippen LogP contribution in [0.15, 0.2) is 54.6 Å². The summed E-state index contributed by atoms with van der Waals surface area (Å²) < 4.78 is 5.48. The average molecular weight is 292 g/mol. The Morgan fingerprint density at radius 1 is 1.05 bits per heavy atom. The van der Waals surface area contributed by atoms with Crippen LogP contribution < -0.4 is 10.1 Å². The van der Waals surface area contributed by atoms with Crippen molar-refractivity contribution in [3.05, 3.63) is 65.2 Å². The molecule has 0 saturated heterocycles. The van der Waals surface area contributed by atoms with Gasteiger partial charge in [-0.1, -0.05) is 41.9 Å². The van der Waals surface area contributed by atoms with Gasteiger partial charge in [0.1, 0.15) is 18.5 Å². The molecule has 2 aromatic carbocycles. The van der Waals surface area contributed by atoms with Gasteiger partial charge < -0.3 is 15.2 Å². The number of rotatable bonds is 7. The molecule has 20 heavy (non-hydrogen) atoms. The standard InChI is InChI=1S/C16H18ClNO2/c17-14-6-8-16(9-7-14)20-12-15(19)11-18-10-13-4-2-1-3-5-13/h1-9,15,18-19H,10-12H2. The first-order chi connectivity index (χ1) is 9.74. The molecule has 0 bridgehead atoms. The van der Waals surface area contributed by atoms with Crippen LogP contribution in [0, 0.1) is 0 Å². The molecule has 0 aliphatic carbocycles. The topological polar surface area (TPSA) is 41.5 Å². The zero-order valence-corrected chi connectivity index (χ0v) is 11.9. The van der Waals surface area contributed by atoms with Gasteiger partial charge in [-0.05, 0) is 29.8 Å². The Bertz CT molecular complexity index is 502. The monoisotopic (exact) mass is 291 g/mol. The minimum absolute atomic E-state index is 0.253. The van der Waals surface area contributed by atoms with E-state index in [0.29, 0.717) is 17.3 Å². The second-order valence-electron chi connectivity index (χ2n) is 4.54. The van der Waals surface area contributed by atoms with E-state index in [1.165, 1.54) is 5.56 Å². The van der Waals surface area contributed by atoms with Crippen LogP contribution in [-0.4, -0.2) is 24.4 Å². The minimum atomic E-state index is -0.547. The van der Waals surface area contributed by atoms with Crippen LogP contribution in [-0.2, 0) is 6.54 Å². The van der Waals surface area contributed by atoms with Gasteiger partial charge >= 0.3 is 0 Å². The molecule has 2 rings (SSSR count). The van der Waals surface area contributed by atoms with Gasteiger partial charge in [0.25, 0.3) is 0 Å². The van der Waals surface area contributed by atoms with Gasteiger partial charge in [0.05, 0.1) is 0 Å². The van der Waals surface area contributed by atoms with Crippen LogP contribution >= 0.6 is 11.6 Å². The fourth-order valence-corrected chi connectivity index (χ4v) is 1.89. The van der Waals surface area contributed by atoms with E-state index in [9.17, 15) is 5.11 Å². The molecule has 2 aromatic rings. The number of hydrogen-bond acceptors (Lipinski definition) is 3. The quantitative estimate of drug-likeness (QED) is 0.824. The highest BCUT2D eigenvalue weighted by Crippen LogP contribution is 2.15. The summed E-state index contributed by atoms with van der Waals surface area (Å²) in [6.07, 6.45) is -0.547. The molecule has 106 valence electrons. The van der Waals surface area contributed by atoms with Crippen LogP contribution in [0.2, 0.25) is 5.02 Å². The van der Waals surface area contributed by atoms with E-state index in [4.69, 9.17) is 16.3 Å². The number of nitrogens with one attached hydrogen (secondary N) is 1. The number of hydrogen-bond donors (Lipinski definition) is 2. The lowest BCUT2D eigenvalue weighted by atomic mass is 10.2. The normalized spacial score (nSPS) is 12.1. The lowest BCUT2D eigenvalue weighted by Gasteiger charge is -2.13. The van der Waals surface area contributed by atoms with Crippen molar-refractivity contribution < 1.29 is 9.84 Å². The second kappa shape index (κ2) is 7.90. The van der Waals surface area contributed by atoms with Crippen molar-refractivity contribution in [2.45, 2.75) is 12.6 Å². The third-order valence-electron chi connectivity index (χ3n) is 2.81. The molecule has 0 aliphatic rings. The summed E-state index contributed by atoms with van der Waals surface area (Å²) in [5, 5.41) is 13.7. The molecule has 4 heteroatoms. The van der Waals surface area contributed by atoms with E-state index in [1.54, 1.807) is 24.3 Å². The van der Waals surface area contributed by atoms with Gasteiger partial charge in [0.2, 0.25) is 0 Å². The molecule has 0 radical (unpaired) electrons. The van der Waals surface area contributed by atoms with Crippen LogP contribution in [0.1, 0.15) is 5.56 Å². The third-order valence-corrected chi connectivity index (χ3v) is 3.06. The molecule has 1 atom stereocenters. The number of ether oxygens (including phenoxy) is 1. The smallest absolute Gasteiger partial charge is 0.119 e. The number of aliphatic hydroxyl groups excluding tert-OH is 1. The Balaban J connectivity index is 1.65. The van der Waals surface area contributed by atoms with Gasteiger partial charge in [-0.2, -0.15) is 0 Å². The van der Waals surface area contributed by atoms with Crippen molar-refractivity contribution in [3.8, 4) is 5.75 Å². The maximum absolute atomic E-state index is 9.83. The molecule has 0 aromatic heterocycles. The highest BCUT2D eigenvalue weighted by Gasteiger charge is 2.05. The molecule has 1 unspecified atom stereocenters. The van der Waals surface area contributed by atoms with E-state index in [2.05, 4.69) is 5.32 Å². The van der Waals surface area contributed by atoms with Crippen LogP contribution in [0.5, 0.6) is 5.75 Å². The largest absolute Gasteiger partial charge is 0.491 e. The fraction of sp³-hybridized carbons (Fsp3) is 0.250. The molecule has 0 saturated carbocycles. The SMILES string of the molecule is OC(CNCc1ccccc1)COc1ccc(Cl)cc1. The minimum Gasteiger partial charge on any atom is -0.491 e. The summed E-state index contributed by atoms with van der Waals surface area (Å²) >= 11 is 5.79. The number of aliphatic hydroxyl groups is 1. The summed E-state index contributed by atoms with van der Waals surface area (Å²) in [6, 6.07) is 17.2. The highest BCUT2D eigenvalue weighted by atomic mass is 35.5. The molecule has 0 spiro atoms. The fourth-order valence-electron chi connectivity index (χ4n) is 1.76. The Morgan fingerprint density at radius 3 is 2.45 bits per heavy atom. The van der Waals surface area contributed by atoms with E-state index in [0.717, 1.165) is 6.54 Å². The molecule has 0 amide bonds. The van der Waals surface area contributed by atoms with Gasteiger partial charge in [-0.25, -0.2) is 0 Å².